The van der Waals surface area contributed by atoms with E-state index in [1.165, 1.54) is 19.3 Å². The molecule has 0 atom stereocenters. The van der Waals surface area contributed by atoms with Gasteiger partial charge in [0.1, 0.15) is 11.5 Å². The summed E-state index contributed by atoms with van der Waals surface area (Å²) in [5.74, 6) is 1.64. The van der Waals surface area contributed by atoms with Crippen LogP contribution in [0.3, 0.4) is 0 Å². The highest BCUT2D eigenvalue weighted by molar-refractivity contribution is 9.09. The predicted molar refractivity (Wildman–Crippen MR) is 103 cm³/mol. The van der Waals surface area contributed by atoms with Crippen LogP contribution in [-0.2, 0) is 0 Å². The summed E-state index contributed by atoms with van der Waals surface area (Å²) in [4.78, 5) is 0. The Morgan fingerprint density at radius 1 is 0.957 bits per heavy atom. The molecule has 0 saturated carbocycles. The van der Waals surface area contributed by atoms with Crippen molar-refractivity contribution >= 4 is 38.3 Å². The van der Waals surface area contributed by atoms with Crippen molar-refractivity contribution < 1.29 is 9.47 Å². The average Bonchev–Trinajstić information content (AvgIpc) is 2.57. The second kappa shape index (κ2) is 10.0. The number of halogens is 2. The van der Waals surface area contributed by atoms with Gasteiger partial charge in [0, 0.05) is 10.7 Å². The van der Waals surface area contributed by atoms with E-state index in [2.05, 4.69) is 22.9 Å². The first-order chi connectivity index (χ1) is 11.3. The Morgan fingerprint density at radius 3 is 2.57 bits per heavy atom. The normalized spacial score (nSPS) is 10.9. The molecule has 0 fully saturated rings. The molecule has 0 aromatic heterocycles. The quantitative estimate of drug-likeness (QED) is 0.330. The zero-order valence-corrected chi connectivity index (χ0v) is 16.0. The minimum atomic E-state index is 0.662. The Bertz CT molecular complexity index is 616. The second-order valence-electron chi connectivity index (χ2n) is 5.56. The number of ether oxygens (including phenoxy) is 2. The monoisotopic (exact) mass is 398 g/mol. The molecule has 0 amide bonds. The van der Waals surface area contributed by atoms with Gasteiger partial charge >= 0.3 is 0 Å². The van der Waals surface area contributed by atoms with Gasteiger partial charge in [-0.2, -0.15) is 0 Å². The number of benzene rings is 2. The van der Waals surface area contributed by atoms with E-state index < -0.39 is 0 Å². The van der Waals surface area contributed by atoms with Crippen molar-refractivity contribution in [3.8, 4) is 11.5 Å². The summed E-state index contributed by atoms with van der Waals surface area (Å²) < 4.78 is 11.6. The third-order valence-electron chi connectivity index (χ3n) is 3.69. The summed E-state index contributed by atoms with van der Waals surface area (Å²) in [6.07, 6.45) is 5.81. The van der Waals surface area contributed by atoms with Gasteiger partial charge in [0.2, 0.25) is 0 Å². The van der Waals surface area contributed by atoms with Crippen molar-refractivity contribution in [2.45, 2.75) is 39.0 Å². The molecule has 4 heteroatoms. The molecule has 0 radical (unpaired) electrons. The Hall–Kier alpha value is -0.930. The van der Waals surface area contributed by atoms with E-state index in [4.69, 9.17) is 21.1 Å². The van der Waals surface area contributed by atoms with Gasteiger partial charge in [0.25, 0.3) is 0 Å². The standard InChI is InChI=1S/C19H24BrClO2/c1-2-3-4-5-12-22-16-8-9-17-15(14-16)7-10-18(19(17)21)23-13-6-11-20/h7-10,14H,2-6,11-13H2,1H3. The molecule has 0 spiro atoms. The fraction of sp³-hybridized carbons (Fsp3) is 0.474. The van der Waals surface area contributed by atoms with Crippen LogP contribution in [0, 0.1) is 0 Å². The van der Waals surface area contributed by atoms with Crippen molar-refractivity contribution in [1.82, 2.24) is 0 Å². The summed E-state index contributed by atoms with van der Waals surface area (Å²) in [6.45, 7) is 3.65. The minimum Gasteiger partial charge on any atom is -0.494 e. The maximum absolute atomic E-state index is 6.46. The summed E-state index contributed by atoms with van der Waals surface area (Å²) in [7, 11) is 0. The molecule has 0 heterocycles. The van der Waals surface area contributed by atoms with E-state index in [9.17, 15) is 0 Å². The van der Waals surface area contributed by atoms with Crippen molar-refractivity contribution in [2.75, 3.05) is 18.5 Å². The van der Waals surface area contributed by atoms with E-state index in [0.717, 1.165) is 47.1 Å². The summed E-state index contributed by atoms with van der Waals surface area (Å²) >= 11 is 9.85. The topological polar surface area (TPSA) is 18.5 Å². The van der Waals surface area contributed by atoms with Crippen LogP contribution in [0.1, 0.15) is 39.0 Å². The van der Waals surface area contributed by atoms with E-state index >= 15 is 0 Å². The van der Waals surface area contributed by atoms with Gasteiger partial charge in [-0.25, -0.2) is 0 Å². The first kappa shape index (κ1) is 18.4. The van der Waals surface area contributed by atoms with Crippen molar-refractivity contribution in [3.63, 3.8) is 0 Å². The fourth-order valence-corrected chi connectivity index (χ4v) is 2.93. The van der Waals surface area contributed by atoms with Crippen LogP contribution in [0.5, 0.6) is 11.5 Å². The molecule has 2 rings (SSSR count). The molecular formula is C19H24BrClO2. The lowest BCUT2D eigenvalue weighted by Crippen LogP contribution is -1.99. The number of hydrogen-bond acceptors (Lipinski definition) is 2. The Labute approximate surface area is 152 Å². The molecule has 2 aromatic carbocycles. The summed E-state index contributed by atoms with van der Waals surface area (Å²) in [5.41, 5.74) is 0. The lowest BCUT2D eigenvalue weighted by molar-refractivity contribution is 0.305. The fourth-order valence-electron chi connectivity index (χ4n) is 2.41. The maximum atomic E-state index is 6.46. The maximum Gasteiger partial charge on any atom is 0.138 e. The third-order valence-corrected chi connectivity index (χ3v) is 4.64. The van der Waals surface area contributed by atoms with Crippen LogP contribution in [0.15, 0.2) is 30.3 Å². The summed E-state index contributed by atoms with van der Waals surface area (Å²) in [5, 5.41) is 3.68. The van der Waals surface area contributed by atoms with E-state index in [0.29, 0.717) is 11.6 Å². The number of hydrogen-bond donors (Lipinski definition) is 0. The number of alkyl halides is 1. The lowest BCUT2D eigenvalue weighted by Gasteiger charge is -2.11. The Morgan fingerprint density at radius 2 is 1.78 bits per heavy atom. The third kappa shape index (κ3) is 5.58. The summed E-state index contributed by atoms with van der Waals surface area (Å²) in [6, 6.07) is 10.0. The molecule has 0 N–H and O–H groups in total. The average molecular weight is 400 g/mol. The molecule has 0 aliphatic carbocycles. The van der Waals surface area contributed by atoms with Gasteiger partial charge in [0.05, 0.1) is 18.2 Å². The Balaban J connectivity index is 2.01. The highest BCUT2D eigenvalue weighted by atomic mass is 79.9. The molecule has 0 aliphatic rings. The van der Waals surface area contributed by atoms with Crippen molar-refractivity contribution in [2.24, 2.45) is 0 Å². The van der Waals surface area contributed by atoms with Crippen LogP contribution >= 0.6 is 27.5 Å². The first-order valence-corrected chi connectivity index (χ1v) is 9.80. The van der Waals surface area contributed by atoms with Crippen LogP contribution in [0.25, 0.3) is 10.8 Å². The highest BCUT2D eigenvalue weighted by Crippen LogP contribution is 2.34. The molecule has 0 aliphatic heterocycles. The van der Waals surface area contributed by atoms with Crippen molar-refractivity contribution in [3.05, 3.63) is 35.4 Å². The molecule has 0 unspecified atom stereocenters. The molecule has 126 valence electrons. The molecule has 23 heavy (non-hydrogen) atoms. The van der Waals surface area contributed by atoms with Gasteiger partial charge in [-0.1, -0.05) is 59.8 Å². The smallest absolute Gasteiger partial charge is 0.138 e. The predicted octanol–water partition coefficient (Wildman–Crippen LogP) is 6.62. The molecule has 2 nitrogen and oxygen atoms in total. The molecular weight excluding hydrogens is 376 g/mol. The zero-order valence-electron chi connectivity index (χ0n) is 13.6. The van der Waals surface area contributed by atoms with Crippen LogP contribution < -0.4 is 9.47 Å². The van der Waals surface area contributed by atoms with Crippen molar-refractivity contribution in [1.29, 1.82) is 0 Å². The SMILES string of the molecule is CCCCCCOc1ccc2c(Cl)c(OCCCBr)ccc2c1. The molecule has 0 bridgehead atoms. The zero-order chi connectivity index (χ0) is 16.5. The van der Waals surface area contributed by atoms with E-state index in [1.54, 1.807) is 0 Å². The highest BCUT2D eigenvalue weighted by Gasteiger charge is 2.08. The second-order valence-corrected chi connectivity index (χ2v) is 6.73. The van der Waals surface area contributed by atoms with Gasteiger partial charge in [-0.05, 0) is 42.5 Å². The van der Waals surface area contributed by atoms with Crippen LogP contribution in [0.4, 0.5) is 0 Å². The number of unbranched alkanes of at least 4 members (excludes halogenated alkanes) is 3. The minimum absolute atomic E-state index is 0.662. The largest absolute Gasteiger partial charge is 0.494 e. The van der Waals surface area contributed by atoms with E-state index in [-0.39, 0.29) is 0 Å². The lowest BCUT2D eigenvalue weighted by atomic mass is 10.1. The number of rotatable bonds is 10. The Kier molecular flexibility index (Phi) is 8.04. The van der Waals surface area contributed by atoms with Gasteiger partial charge in [-0.3, -0.25) is 0 Å². The first-order valence-electron chi connectivity index (χ1n) is 8.30. The van der Waals surface area contributed by atoms with Crippen LogP contribution in [-0.4, -0.2) is 18.5 Å². The number of fused-ring (bicyclic) bond motifs is 1. The van der Waals surface area contributed by atoms with Gasteiger partial charge in [0.15, 0.2) is 0 Å². The van der Waals surface area contributed by atoms with Gasteiger partial charge < -0.3 is 9.47 Å². The molecule has 0 saturated heterocycles. The van der Waals surface area contributed by atoms with Gasteiger partial charge in [-0.15, -0.1) is 0 Å². The van der Waals surface area contributed by atoms with Crippen LogP contribution in [0.2, 0.25) is 5.02 Å². The molecule has 2 aromatic rings. The van der Waals surface area contributed by atoms with E-state index in [1.807, 2.05) is 30.3 Å².